The highest BCUT2D eigenvalue weighted by Gasteiger charge is 2.18. The quantitative estimate of drug-likeness (QED) is 0.818. The molecule has 0 saturated heterocycles. The smallest absolute Gasteiger partial charge is 0.223 e. The highest BCUT2D eigenvalue weighted by molar-refractivity contribution is 7.91. The van der Waals surface area contributed by atoms with Crippen LogP contribution in [0.2, 0.25) is 0 Å². The second kappa shape index (κ2) is 5.34. The topological polar surface area (TPSA) is 80.5 Å². The van der Waals surface area contributed by atoms with E-state index in [1.807, 2.05) is 0 Å². The molecule has 0 heterocycles. The number of nitrogens with two attached hydrogens (primary N) is 1. The number of sulfone groups is 1. The first-order chi connectivity index (χ1) is 8.24. The molecule has 100 valence electrons. The predicted molar refractivity (Wildman–Crippen MR) is 66.2 cm³/mol. The van der Waals surface area contributed by atoms with Crippen LogP contribution in [0, 0.1) is 5.82 Å². The number of amides is 1. The zero-order valence-corrected chi connectivity index (χ0v) is 11.0. The molecule has 0 unspecified atom stereocenters. The summed E-state index contributed by atoms with van der Waals surface area (Å²) in [4.78, 5) is 12.4. The monoisotopic (exact) mass is 274 g/mol. The first-order valence-corrected chi connectivity index (χ1v) is 6.87. The molecule has 0 aromatic heterocycles. The van der Waals surface area contributed by atoms with Crippen LogP contribution in [0.5, 0.6) is 0 Å². The van der Waals surface area contributed by atoms with E-state index in [-0.39, 0.29) is 28.7 Å². The third kappa shape index (κ3) is 3.43. The van der Waals surface area contributed by atoms with Crippen LogP contribution >= 0.6 is 0 Å². The van der Waals surface area contributed by atoms with Gasteiger partial charge in [-0.1, -0.05) is 0 Å². The van der Waals surface area contributed by atoms with Gasteiger partial charge in [0.1, 0.15) is 5.82 Å². The molecule has 1 amide bonds. The normalized spacial score (nSPS) is 11.3. The second-order valence-electron chi connectivity index (χ2n) is 4.04. The summed E-state index contributed by atoms with van der Waals surface area (Å²) in [5, 5.41) is 0. The lowest BCUT2D eigenvalue weighted by molar-refractivity contribution is -0.128. The minimum Gasteiger partial charge on any atom is -0.396 e. The molecule has 1 aromatic rings. The fraction of sp³-hybridized carbons (Fsp3) is 0.364. The van der Waals surface area contributed by atoms with Gasteiger partial charge < -0.3 is 10.6 Å². The number of nitrogens with zero attached hydrogens (tertiary/aromatic N) is 1. The van der Waals surface area contributed by atoms with Crippen molar-refractivity contribution in [2.24, 2.45) is 0 Å². The number of hydrogen-bond donors (Lipinski definition) is 1. The summed E-state index contributed by atoms with van der Waals surface area (Å²) < 4.78 is 36.9. The number of anilines is 1. The summed E-state index contributed by atoms with van der Waals surface area (Å²) in [6.45, 7) is 0. The summed E-state index contributed by atoms with van der Waals surface area (Å²) >= 11 is 0. The lowest BCUT2D eigenvalue weighted by Crippen LogP contribution is -2.24. The maximum Gasteiger partial charge on any atom is 0.223 e. The van der Waals surface area contributed by atoms with E-state index in [1.165, 1.54) is 31.1 Å². The molecule has 2 N–H and O–H groups in total. The van der Waals surface area contributed by atoms with Gasteiger partial charge in [-0.25, -0.2) is 12.8 Å². The zero-order chi connectivity index (χ0) is 13.9. The van der Waals surface area contributed by atoms with E-state index in [0.29, 0.717) is 0 Å². The molecule has 5 nitrogen and oxygen atoms in total. The van der Waals surface area contributed by atoms with E-state index in [2.05, 4.69) is 0 Å². The Morgan fingerprint density at radius 1 is 1.39 bits per heavy atom. The number of carbonyl (C=O) groups excluding carboxylic acids is 1. The van der Waals surface area contributed by atoms with Crippen LogP contribution in [-0.4, -0.2) is 39.1 Å². The minimum atomic E-state index is -3.67. The van der Waals surface area contributed by atoms with Gasteiger partial charge in [0.25, 0.3) is 0 Å². The molecule has 1 aromatic carbocycles. The Labute approximate surface area is 105 Å². The van der Waals surface area contributed by atoms with Crippen LogP contribution in [0.4, 0.5) is 10.1 Å². The molecule has 0 spiro atoms. The van der Waals surface area contributed by atoms with Crippen LogP contribution in [0.3, 0.4) is 0 Å². The molecule has 7 heteroatoms. The second-order valence-corrected chi connectivity index (χ2v) is 6.15. The van der Waals surface area contributed by atoms with E-state index >= 15 is 0 Å². The number of halogens is 1. The van der Waals surface area contributed by atoms with Gasteiger partial charge in [-0.3, -0.25) is 4.79 Å². The van der Waals surface area contributed by atoms with Gasteiger partial charge in [0.05, 0.1) is 16.3 Å². The predicted octanol–water partition coefficient (Wildman–Crippen LogP) is 0.660. The largest absolute Gasteiger partial charge is 0.396 e. The average Bonchev–Trinajstić information content (AvgIpc) is 2.29. The Hall–Kier alpha value is -1.63. The standard InChI is InChI=1S/C11H15FN2O3S/c1-14(2)11(15)5-6-18(16,17)8-3-4-10(13)9(12)7-8/h3-4,7H,5-6,13H2,1-2H3. The molecule has 1 rings (SSSR count). The molecule has 0 saturated carbocycles. The van der Waals surface area contributed by atoms with E-state index in [1.54, 1.807) is 0 Å². The summed E-state index contributed by atoms with van der Waals surface area (Å²) in [6.07, 6.45) is -0.138. The summed E-state index contributed by atoms with van der Waals surface area (Å²) in [6, 6.07) is 3.29. The fourth-order valence-electron chi connectivity index (χ4n) is 1.26. The molecule has 18 heavy (non-hydrogen) atoms. The zero-order valence-electron chi connectivity index (χ0n) is 10.2. The van der Waals surface area contributed by atoms with Crippen molar-refractivity contribution in [2.75, 3.05) is 25.6 Å². The minimum absolute atomic E-state index is 0.113. The Bertz CT molecular complexity index is 555. The first-order valence-electron chi connectivity index (χ1n) is 5.22. The Balaban J connectivity index is 2.87. The lowest BCUT2D eigenvalue weighted by Gasteiger charge is -2.10. The van der Waals surface area contributed by atoms with Crippen molar-refractivity contribution < 1.29 is 17.6 Å². The number of carbonyl (C=O) groups is 1. The van der Waals surface area contributed by atoms with Crippen LogP contribution in [0.25, 0.3) is 0 Å². The van der Waals surface area contributed by atoms with Crippen LogP contribution in [0.15, 0.2) is 23.1 Å². The SMILES string of the molecule is CN(C)C(=O)CCS(=O)(=O)c1ccc(N)c(F)c1. The van der Waals surface area contributed by atoms with Crippen molar-refractivity contribution in [1.82, 2.24) is 4.90 Å². The van der Waals surface area contributed by atoms with Crippen molar-refractivity contribution in [3.8, 4) is 0 Å². The summed E-state index contributed by atoms with van der Waals surface area (Å²) in [5.74, 6) is -1.43. The maximum absolute atomic E-state index is 13.2. The van der Waals surface area contributed by atoms with Gasteiger partial charge in [0.2, 0.25) is 5.91 Å². The lowest BCUT2D eigenvalue weighted by atomic mass is 10.3. The van der Waals surface area contributed by atoms with Crippen LogP contribution < -0.4 is 5.73 Å². The fourth-order valence-corrected chi connectivity index (χ4v) is 2.50. The molecule has 0 aliphatic carbocycles. The number of rotatable bonds is 4. The number of benzene rings is 1. The van der Waals surface area contributed by atoms with E-state index in [4.69, 9.17) is 5.73 Å². The summed E-state index contributed by atoms with van der Waals surface area (Å²) in [7, 11) is -0.592. The Kier molecular flexibility index (Phi) is 4.28. The average molecular weight is 274 g/mol. The Morgan fingerprint density at radius 3 is 2.50 bits per heavy atom. The van der Waals surface area contributed by atoms with Gasteiger partial charge in [-0.15, -0.1) is 0 Å². The molecule has 0 radical (unpaired) electrons. The van der Waals surface area contributed by atoms with Gasteiger partial charge in [-0.05, 0) is 18.2 Å². The molecule has 0 aliphatic rings. The highest BCUT2D eigenvalue weighted by Crippen LogP contribution is 2.18. The van der Waals surface area contributed by atoms with Crippen molar-refractivity contribution in [2.45, 2.75) is 11.3 Å². The van der Waals surface area contributed by atoms with Gasteiger partial charge in [-0.2, -0.15) is 0 Å². The van der Waals surface area contributed by atoms with E-state index in [9.17, 15) is 17.6 Å². The molecule has 0 atom stereocenters. The number of hydrogen-bond acceptors (Lipinski definition) is 4. The van der Waals surface area contributed by atoms with Crippen molar-refractivity contribution in [1.29, 1.82) is 0 Å². The van der Waals surface area contributed by atoms with Gasteiger partial charge in [0, 0.05) is 20.5 Å². The van der Waals surface area contributed by atoms with E-state index < -0.39 is 15.7 Å². The van der Waals surface area contributed by atoms with Crippen molar-refractivity contribution in [3.63, 3.8) is 0 Å². The third-order valence-corrected chi connectivity index (χ3v) is 4.13. The van der Waals surface area contributed by atoms with Crippen molar-refractivity contribution in [3.05, 3.63) is 24.0 Å². The molecule has 0 aliphatic heterocycles. The molecular formula is C11H15FN2O3S. The summed E-state index contributed by atoms with van der Waals surface area (Å²) in [5.41, 5.74) is 5.15. The molecule has 0 fully saturated rings. The molecular weight excluding hydrogens is 259 g/mol. The van der Waals surface area contributed by atoms with Gasteiger partial charge in [0.15, 0.2) is 9.84 Å². The van der Waals surface area contributed by atoms with Crippen molar-refractivity contribution >= 4 is 21.4 Å². The third-order valence-electron chi connectivity index (χ3n) is 2.41. The highest BCUT2D eigenvalue weighted by atomic mass is 32.2. The maximum atomic E-state index is 13.2. The van der Waals surface area contributed by atoms with E-state index in [0.717, 1.165) is 6.07 Å². The first kappa shape index (κ1) is 14.4. The van der Waals surface area contributed by atoms with Crippen LogP contribution in [0.1, 0.15) is 6.42 Å². The number of nitrogen functional groups attached to an aromatic ring is 1. The van der Waals surface area contributed by atoms with Gasteiger partial charge >= 0.3 is 0 Å². The Morgan fingerprint density at radius 2 is 2.00 bits per heavy atom. The molecule has 0 bridgehead atoms. The van der Waals surface area contributed by atoms with Crippen LogP contribution in [-0.2, 0) is 14.6 Å².